The highest BCUT2D eigenvalue weighted by Gasteiger charge is 2.09. The second-order valence-corrected chi connectivity index (χ2v) is 4.89. The fourth-order valence-corrected chi connectivity index (χ4v) is 2.21. The predicted molar refractivity (Wildman–Crippen MR) is 83.6 cm³/mol. The molecule has 20 heavy (non-hydrogen) atoms. The van der Waals surface area contributed by atoms with E-state index in [1.165, 1.54) is 5.56 Å². The molecule has 0 saturated heterocycles. The van der Waals surface area contributed by atoms with Crippen LogP contribution in [0.1, 0.15) is 31.5 Å². The van der Waals surface area contributed by atoms with Gasteiger partial charge in [0.2, 0.25) is 0 Å². The minimum absolute atomic E-state index is 0.802. The first-order valence-electron chi connectivity index (χ1n) is 7.13. The number of aromatic nitrogens is 2. The lowest BCUT2D eigenvalue weighted by Gasteiger charge is -2.23. The number of hydrogen-bond donors (Lipinski definition) is 1. The van der Waals surface area contributed by atoms with E-state index in [9.17, 15) is 0 Å². The van der Waals surface area contributed by atoms with Crippen LogP contribution >= 0.6 is 0 Å². The number of rotatable bonds is 6. The van der Waals surface area contributed by atoms with Gasteiger partial charge in [-0.3, -0.25) is 0 Å². The lowest BCUT2D eigenvalue weighted by atomic mass is 10.2. The number of nitrogen functional groups attached to an aromatic ring is 1. The van der Waals surface area contributed by atoms with Gasteiger partial charge in [-0.2, -0.15) is 0 Å². The van der Waals surface area contributed by atoms with Crippen molar-refractivity contribution in [2.24, 2.45) is 0 Å². The molecule has 0 spiro atoms. The van der Waals surface area contributed by atoms with Crippen LogP contribution in [0.3, 0.4) is 0 Å². The third kappa shape index (κ3) is 3.70. The van der Waals surface area contributed by atoms with E-state index in [2.05, 4.69) is 40.8 Å². The summed E-state index contributed by atoms with van der Waals surface area (Å²) in [5.74, 6) is 0.987. The molecule has 0 fully saturated rings. The Balaban J connectivity index is 2.21. The second-order valence-electron chi connectivity index (χ2n) is 4.89. The van der Waals surface area contributed by atoms with E-state index in [-0.39, 0.29) is 0 Å². The van der Waals surface area contributed by atoms with E-state index in [1.807, 2.05) is 18.2 Å². The minimum atomic E-state index is 0.802. The Bertz CT molecular complexity index is 554. The van der Waals surface area contributed by atoms with Gasteiger partial charge < -0.3 is 10.6 Å². The molecule has 0 unspecified atom stereocenters. The number of anilines is 2. The van der Waals surface area contributed by atoms with Gasteiger partial charge in [-0.05, 0) is 30.5 Å². The number of nitrogens with two attached hydrogens (primary N) is 1. The first kappa shape index (κ1) is 14.3. The zero-order valence-electron chi connectivity index (χ0n) is 12.2. The van der Waals surface area contributed by atoms with Crippen LogP contribution in [0.15, 0.2) is 36.7 Å². The Morgan fingerprint density at radius 2 is 2.00 bits per heavy atom. The molecule has 2 rings (SSSR count). The fraction of sp³-hybridized carbons (Fsp3) is 0.375. The number of hydrogen-bond acceptors (Lipinski definition) is 4. The van der Waals surface area contributed by atoms with Crippen LogP contribution in [0.5, 0.6) is 0 Å². The van der Waals surface area contributed by atoms with E-state index in [1.54, 1.807) is 6.33 Å². The van der Waals surface area contributed by atoms with Crippen molar-refractivity contribution in [1.82, 2.24) is 9.97 Å². The quantitative estimate of drug-likeness (QED) is 0.820. The van der Waals surface area contributed by atoms with Gasteiger partial charge >= 0.3 is 0 Å². The molecule has 0 bridgehead atoms. The summed E-state index contributed by atoms with van der Waals surface area (Å²) in [4.78, 5) is 10.9. The molecule has 4 heteroatoms. The smallest absolute Gasteiger partial charge is 0.132 e. The van der Waals surface area contributed by atoms with Crippen molar-refractivity contribution < 1.29 is 0 Å². The van der Waals surface area contributed by atoms with Crippen LogP contribution in [0.2, 0.25) is 0 Å². The molecule has 0 atom stereocenters. The molecule has 1 aromatic carbocycles. The molecule has 1 aromatic heterocycles. The average molecular weight is 270 g/mol. The maximum Gasteiger partial charge on any atom is 0.132 e. The predicted octanol–water partition coefficient (Wildman–Crippen LogP) is 3.04. The van der Waals surface area contributed by atoms with Crippen molar-refractivity contribution in [3.8, 4) is 0 Å². The molecule has 0 aliphatic heterocycles. The largest absolute Gasteiger partial charge is 0.399 e. The molecule has 2 aromatic rings. The van der Waals surface area contributed by atoms with Crippen LogP contribution in [0.25, 0.3) is 0 Å². The number of nitrogens with zero attached hydrogens (tertiary/aromatic N) is 3. The summed E-state index contributed by atoms with van der Waals surface area (Å²) in [6.45, 7) is 6.07. The number of benzene rings is 1. The molecule has 0 amide bonds. The van der Waals surface area contributed by atoms with Crippen molar-refractivity contribution in [2.75, 3.05) is 17.2 Å². The van der Waals surface area contributed by atoms with E-state index < -0.39 is 0 Å². The first-order valence-corrected chi connectivity index (χ1v) is 7.13. The van der Waals surface area contributed by atoms with Gasteiger partial charge in [0.05, 0.1) is 0 Å². The number of aryl methyl sites for hydroxylation is 1. The van der Waals surface area contributed by atoms with Gasteiger partial charge in [0.1, 0.15) is 12.1 Å². The van der Waals surface area contributed by atoms with Gasteiger partial charge in [0, 0.05) is 30.5 Å². The molecule has 4 nitrogen and oxygen atoms in total. The molecular formula is C16H22N4. The Kier molecular flexibility index (Phi) is 4.93. The maximum atomic E-state index is 5.85. The van der Waals surface area contributed by atoms with Gasteiger partial charge in [-0.1, -0.05) is 26.0 Å². The molecule has 0 aliphatic rings. The van der Waals surface area contributed by atoms with Crippen LogP contribution in [0.4, 0.5) is 11.5 Å². The monoisotopic (exact) mass is 270 g/mol. The van der Waals surface area contributed by atoms with Gasteiger partial charge in [-0.25, -0.2) is 9.97 Å². The van der Waals surface area contributed by atoms with Gasteiger partial charge in [-0.15, -0.1) is 0 Å². The highest BCUT2D eigenvalue weighted by atomic mass is 15.2. The van der Waals surface area contributed by atoms with Gasteiger partial charge in [0.15, 0.2) is 0 Å². The average Bonchev–Trinajstić information content (AvgIpc) is 2.47. The summed E-state index contributed by atoms with van der Waals surface area (Å²) < 4.78 is 0. The Hall–Kier alpha value is -2.10. The molecule has 2 N–H and O–H groups in total. The molecule has 1 heterocycles. The standard InChI is InChI=1S/C16H22N4/c1-3-8-20(11-13-6-5-7-14(17)9-13)16-10-15(4-2)18-12-19-16/h5-7,9-10,12H,3-4,8,11,17H2,1-2H3. The van der Waals surface area contributed by atoms with Crippen LogP contribution < -0.4 is 10.6 Å². The first-order chi connectivity index (χ1) is 9.72. The van der Waals surface area contributed by atoms with Crippen LogP contribution in [0, 0.1) is 0 Å². The molecular weight excluding hydrogens is 248 g/mol. The van der Waals surface area contributed by atoms with Crippen LogP contribution in [-0.2, 0) is 13.0 Å². The Labute approximate surface area is 120 Å². The van der Waals surface area contributed by atoms with Crippen molar-refractivity contribution in [3.05, 3.63) is 47.9 Å². The van der Waals surface area contributed by atoms with E-state index >= 15 is 0 Å². The van der Waals surface area contributed by atoms with E-state index in [4.69, 9.17) is 5.73 Å². The molecule has 0 aliphatic carbocycles. The summed E-state index contributed by atoms with van der Waals surface area (Å²) >= 11 is 0. The Morgan fingerprint density at radius 3 is 2.70 bits per heavy atom. The highest BCUT2D eigenvalue weighted by Crippen LogP contribution is 2.17. The zero-order valence-corrected chi connectivity index (χ0v) is 12.2. The van der Waals surface area contributed by atoms with E-state index in [0.29, 0.717) is 0 Å². The topological polar surface area (TPSA) is 55.0 Å². The summed E-state index contributed by atoms with van der Waals surface area (Å²) in [6.07, 6.45) is 3.65. The van der Waals surface area contributed by atoms with E-state index in [0.717, 1.165) is 43.1 Å². The highest BCUT2D eigenvalue weighted by molar-refractivity contribution is 5.44. The summed E-state index contributed by atoms with van der Waals surface area (Å²) in [5, 5.41) is 0. The maximum absolute atomic E-state index is 5.85. The lowest BCUT2D eigenvalue weighted by molar-refractivity contribution is 0.750. The summed E-state index contributed by atoms with van der Waals surface area (Å²) in [7, 11) is 0. The lowest BCUT2D eigenvalue weighted by Crippen LogP contribution is -2.24. The molecule has 106 valence electrons. The Morgan fingerprint density at radius 1 is 1.15 bits per heavy atom. The van der Waals surface area contributed by atoms with Crippen molar-refractivity contribution in [2.45, 2.75) is 33.2 Å². The minimum Gasteiger partial charge on any atom is -0.399 e. The zero-order chi connectivity index (χ0) is 14.4. The summed E-state index contributed by atoms with van der Waals surface area (Å²) in [5.41, 5.74) is 8.93. The SMILES string of the molecule is CCCN(Cc1cccc(N)c1)c1cc(CC)ncn1. The normalized spacial score (nSPS) is 10.5. The van der Waals surface area contributed by atoms with Gasteiger partial charge in [0.25, 0.3) is 0 Å². The van der Waals surface area contributed by atoms with Crippen LogP contribution in [-0.4, -0.2) is 16.5 Å². The second kappa shape index (κ2) is 6.89. The molecule has 0 saturated carbocycles. The van der Waals surface area contributed by atoms with Crippen molar-refractivity contribution in [1.29, 1.82) is 0 Å². The summed E-state index contributed by atoms with van der Waals surface area (Å²) in [6, 6.07) is 10.1. The van der Waals surface area contributed by atoms with Crippen molar-refractivity contribution >= 4 is 11.5 Å². The van der Waals surface area contributed by atoms with Crippen molar-refractivity contribution in [3.63, 3.8) is 0 Å². The fourth-order valence-electron chi connectivity index (χ4n) is 2.21. The third-order valence-electron chi connectivity index (χ3n) is 3.21. The molecule has 0 radical (unpaired) electrons. The third-order valence-corrected chi connectivity index (χ3v) is 3.21.